The lowest BCUT2D eigenvalue weighted by Gasteiger charge is -2.00. The van der Waals surface area contributed by atoms with Crippen LogP contribution in [-0.4, -0.2) is 5.11 Å². The van der Waals surface area contributed by atoms with E-state index in [4.69, 9.17) is 4.42 Å². The second-order valence-corrected chi connectivity index (χ2v) is 2.88. The van der Waals surface area contributed by atoms with E-state index in [2.05, 4.69) is 0 Å². The third-order valence-corrected chi connectivity index (χ3v) is 1.94. The van der Waals surface area contributed by atoms with Gasteiger partial charge in [-0.2, -0.15) is 0 Å². The van der Waals surface area contributed by atoms with E-state index in [9.17, 15) is 5.11 Å². The number of furan rings is 1. The summed E-state index contributed by atoms with van der Waals surface area (Å²) >= 11 is 0. The molecule has 0 atom stereocenters. The van der Waals surface area contributed by atoms with Crippen molar-refractivity contribution in [3.05, 3.63) is 54.0 Å². The van der Waals surface area contributed by atoms with Gasteiger partial charge in [0.15, 0.2) is 0 Å². The minimum Gasteiger partial charge on any atom is -0.508 e. The molecule has 0 saturated carbocycles. The van der Waals surface area contributed by atoms with Crippen LogP contribution in [-0.2, 0) is 6.42 Å². The van der Waals surface area contributed by atoms with Gasteiger partial charge in [-0.3, -0.25) is 0 Å². The molecule has 2 heteroatoms. The molecular weight excluding hydrogens is 164 g/mol. The maximum atomic E-state index is 9.47. The van der Waals surface area contributed by atoms with Crippen molar-refractivity contribution in [1.82, 2.24) is 0 Å². The molecular formula is C11H10O2. The second kappa shape index (κ2) is 3.35. The first-order valence-corrected chi connectivity index (χ1v) is 4.15. The molecule has 1 heterocycles. The Bertz CT molecular complexity index is 377. The molecule has 1 N–H and O–H groups in total. The van der Waals surface area contributed by atoms with Crippen LogP contribution < -0.4 is 0 Å². The fraction of sp³-hybridized carbons (Fsp3) is 0.0909. The molecule has 2 rings (SSSR count). The van der Waals surface area contributed by atoms with Crippen LogP contribution in [0.3, 0.4) is 0 Å². The van der Waals surface area contributed by atoms with Crippen LogP contribution in [0.25, 0.3) is 0 Å². The Morgan fingerprint density at radius 1 is 1.08 bits per heavy atom. The van der Waals surface area contributed by atoms with Gasteiger partial charge in [0.05, 0.1) is 6.26 Å². The van der Waals surface area contributed by atoms with Crippen molar-refractivity contribution in [2.45, 2.75) is 6.42 Å². The van der Waals surface area contributed by atoms with Gasteiger partial charge in [-0.15, -0.1) is 0 Å². The summed E-state index contributed by atoms with van der Waals surface area (Å²) in [6, 6.07) is 11.0. The number of rotatable bonds is 2. The molecule has 66 valence electrons. The van der Waals surface area contributed by atoms with Gasteiger partial charge >= 0.3 is 0 Å². The van der Waals surface area contributed by atoms with Gasteiger partial charge in [0.1, 0.15) is 11.5 Å². The first-order chi connectivity index (χ1) is 6.36. The van der Waals surface area contributed by atoms with Crippen LogP contribution in [0.5, 0.6) is 5.75 Å². The van der Waals surface area contributed by atoms with E-state index < -0.39 is 0 Å². The van der Waals surface area contributed by atoms with Crippen LogP contribution in [0.4, 0.5) is 0 Å². The van der Waals surface area contributed by atoms with Gasteiger partial charge in [0.25, 0.3) is 0 Å². The Morgan fingerprint density at radius 3 is 2.62 bits per heavy atom. The van der Waals surface area contributed by atoms with Gasteiger partial charge < -0.3 is 9.52 Å². The largest absolute Gasteiger partial charge is 0.508 e. The van der Waals surface area contributed by atoms with E-state index in [1.807, 2.05) is 24.3 Å². The van der Waals surface area contributed by atoms with Crippen molar-refractivity contribution in [3.63, 3.8) is 0 Å². The van der Waals surface area contributed by atoms with E-state index in [-0.39, 0.29) is 0 Å². The molecule has 0 aliphatic heterocycles. The van der Waals surface area contributed by atoms with Crippen molar-refractivity contribution in [2.24, 2.45) is 0 Å². The summed E-state index contributed by atoms with van der Waals surface area (Å²) in [6.45, 7) is 0. The Labute approximate surface area is 76.4 Å². The molecule has 0 aliphatic carbocycles. The summed E-state index contributed by atoms with van der Waals surface area (Å²) in [7, 11) is 0. The summed E-state index contributed by atoms with van der Waals surface area (Å²) in [5.74, 6) is 1.18. The SMILES string of the molecule is Oc1ccccc1Cc1ccco1. The number of aromatic hydroxyl groups is 1. The molecule has 2 aromatic rings. The lowest BCUT2D eigenvalue weighted by atomic mass is 10.1. The molecule has 0 amide bonds. The maximum Gasteiger partial charge on any atom is 0.119 e. The maximum absolute atomic E-state index is 9.47. The highest BCUT2D eigenvalue weighted by Gasteiger charge is 2.02. The monoisotopic (exact) mass is 174 g/mol. The normalized spacial score (nSPS) is 10.2. The summed E-state index contributed by atoms with van der Waals surface area (Å²) < 4.78 is 5.18. The van der Waals surface area contributed by atoms with Gasteiger partial charge in [0, 0.05) is 12.0 Å². The lowest BCUT2D eigenvalue weighted by Crippen LogP contribution is -1.85. The number of phenols is 1. The smallest absolute Gasteiger partial charge is 0.119 e. The molecule has 0 bridgehead atoms. The van der Waals surface area contributed by atoms with Gasteiger partial charge in [-0.05, 0) is 18.2 Å². The van der Waals surface area contributed by atoms with E-state index in [0.29, 0.717) is 12.2 Å². The van der Waals surface area contributed by atoms with Gasteiger partial charge in [-0.1, -0.05) is 18.2 Å². The van der Waals surface area contributed by atoms with Crippen LogP contribution in [0.2, 0.25) is 0 Å². The molecule has 2 nitrogen and oxygen atoms in total. The topological polar surface area (TPSA) is 33.4 Å². The molecule has 0 spiro atoms. The zero-order chi connectivity index (χ0) is 9.10. The van der Waals surface area contributed by atoms with E-state index in [1.165, 1.54) is 0 Å². The van der Waals surface area contributed by atoms with Crippen molar-refractivity contribution in [2.75, 3.05) is 0 Å². The Morgan fingerprint density at radius 2 is 1.92 bits per heavy atom. The minimum absolute atomic E-state index is 0.318. The first-order valence-electron chi connectivity index (χ1n) is 4.15. The summed E-state index contributed by atoms with van der Waals surface area (Å²) in [4.78, 5) is 0. The Balaban J connectivity index is 2.24. The number of hydrogen-bond acceptors (Lipinski definition) is 2. The van der Waals surface area contributed by atoms with Crippen molar-refractivity contribution in [1.29, 1.82) is 0 Å². The Hall–Kier alpha value is -1.70. The standard InChI is InChI=1S/C11H10O2/c12-11-6-2-1-4-9(11)8-10-5-3-7-13-10/h1-7,12H,8H2. The van der Waals surface area contributed by atoms with Crippen LogP contribution in [0.15, 0.2) is 47.1 Å². The predicted molar refractivity (Wildman–Crippen MR) is 49.6 cm³/mol. The van der Waals surface area contributed by atoms with Gasteiger partial charge in [-0.25, -0.2) is 0 Å². The molecule has 13 heavy (non-hydrogen) atoms. The quantitative estimate of drug-likeness (QED) is 0.759. The summed E-state index contributed by atoms with van der Waals surface area (Å²) in [5, 5.41) is 9.47. The lowest BCUT2D eigenvalue weighted by molar-refractivity contribution is 0.463. The van der Waals surface area contributed by atoms with Crippen molar-refractivity contribution >= 4 is 0 Å². The number of benzene rings is 1. The third-order valence-electron chi connectivity index (χ3n) is 1.94. The fourth-order valence-electron chi connectivity index (χ4n) is 1.26. The van der Waals surface area contributed by atoms with E-state index in [1.54, 1.807) is 18.4 Å². The molecule has 0 radical (unpaired) electrons. The zero-order valence-electron chi connectivity index (χ0n) is 7.10. The van der Waals surface area contributed by atoms with Crippen LogP contribution >= 0.6 is 0 Å². The van der Waals surface area contributed by atoms with Crippen LogP contribution in [0.1, 0.15) is 11.3 Å². The Kier molecular flexibility index (Phi) is 2.04. The molecule has 0 fully saturated rings. The number of hydrogen-bond donors (Lipinski definition) is 1. The summed E-state index contributed by atoms with van der Waals surface area (Å²) in [6.07, 6.45) is 2.27. The van der Waals surface area contributed by atoms with Crippen LogP contribution in [0, 0.1) is 0 Å². The van der Waals surface area contributed by atoms with Gasteiger partial charge in [0.2, 0.25) is 0 Å². The van der Waals surface area contributed by atoms with Crippen molar-refractivity contribution in [3.8, 4) is 5.75 Å². The highest BCUT2D eigenvalue weighted by molar-refractivity contribution is 5.34. The number of para-hydroxylation sites is 1. The average Bonchev–Trinajstić information content (AvgIpc) is 2.61. The number of phenolic OH excluding ortho intramolecular Hbond substituents is 1. The highest BCUT2D eigenvalue weighted by atomic mass is 16.3. The highest BCUT2D eigenvalue weighted by Crippen LogP contribution is 2.19. The predicted octanol–water partition coefficient (Wildman–Crippen LogP) is 2.58. The minimum atomic E-state index is 0.318. The third kappa shape index (κ3) is 1.72. The first kappa shape index (κ1) is 7.92. The molecule has 1 aromatic heterocycles. The molecule has 0 saturated heterocycles. The average molecular weight is 174 g/mol. The van der Waals surface area contributed by atoms with Crippen molar-refractivity contribution < 1.29 is 9.52 Å². The second-order valence-electron chi connectivity index (χ2n) is 2.88. The molecule has 1 aromatic carbocycles. The van der Waals surface area contributed by atoms with E-state index >= 15 is 0 Å². The summed E-state index contributed by atoms with van der Waals surface area (Å²) in [5.41, 5.74) is 0.887. The molecule has 0 aliphatic rings. The molecule has 0 unspecified atom stereocenters. The fourth-order valence-corrected chi connectivity index (χ4v) is 1.26. The van der Waals surface area contributed by atoms with E-state index in [0.717, 1.165) is 11.3 Å². The zero-order valence-corrected chi connectivity index (χ0v) is 7.10.